The van der Waals surface area contributed by atoms with Crippen molar-refractivity contribution in [2.75, 3.05) is 0 Å². The molecule has 1 atom stereocenters. The molecule has 27 heavy (non-hydrogen) atoms. The van der Waals surface area contributed by atoms with Crippen LogP contribution in [0.4, 0.5) is 17.6 Å². The predicted molar refractivity (Wildman–Crippen MR) is 90.7 cm³/mol. The van der Waals surface area contributed by atoms with Crippen LogP contribution in [0.3, 0.4) is 0 Å². The number of benzene rings is 1. The number of carbonyl (C=O) groups is 1. The molecule has 1 unspecified atom stereocenters. The fourth-order valence-electron chi connectivity index (χ4n) is 2.17. The number of alkyl halides is 3. The van der Waals surface area contributed by atoms with Crippen LogP contribution in [0.25, 0.3) is 5.69 Å². The van der Waals surface area contributed by atoms with Crippen LogP contribution in [0.2, 0.25) is 0 Å². The summed E-state index contributed by atoms with van der Waals surface area (Å²) >= 11 is 3.02. The molecule has 0 aliphatic heterocycles. The lowest BCUT2D eigenvalue weighted by Gasteiger charge is -2.17. The van der Waals surface area contributed by atoms with Gasteiger partial charge in [0.05, 0.1) is 10.2 Å². The van der Waals surface area contributed by atoms with E-state index in [1.54, 1.807) is 0 Å². The Kier molecular flexibility index (Phi) is 5.64. The molecule has 0 aliphatic carbocycles. The molecule has 0 saturated heterocycles. The summed E-state index contributed by atoms with van der Waals surface area (Å²) in [6.07, 6.45) is -5.85. The summed E-state index contributed by atoms with van der Waals surface area (Å²) in [6, 6.07) is 2.03. The highest BCUT2D eigenvalue weighted by Crippen LogP contribution is 2.31. The number of rotatable bonds is 4. The molecule has 0 bridgehead atoms. The van der Waals surface area contributed by atoms with Gasteiger partial charge in [-0.1, -0.05) is 0 Å². The summed E-state index contributed by atoms with van der Waals surface area (Å²) in [4.78, 5) is 35.7. The normalized spacial score (nSPS) is 12.7. The van der Waals surface area contributed by atoms with E-state index in [1.165, 1.54) is 13.8 Å². The van der Waals surface area contributed by atoms with Gasteiger partial charge in [0, 0.05) is 19.2 Å². The second kappa shape index (κ2) is 7.29. The second-order valence-corrected chi connectivity index (χ2v) is 6.50. The molecule has 6 nitrogen and oxygen atoms in total. The third-order valence-corrected chi connectivity index (χ3v) is 4.35. The molecule has 0 saturated carbocycles. The zero-order valence-corrected chi connectivity index (χ0v) is 15.8. The number of hydrogen-bond donors (Lipinski definition) is 0. The van der Waals surface area contributed by atoms with Crippen LogP contribution in [-0.2, 0) is 18.0 Å². The van der Waals surface area contributed by atoms with Crippen molar-refractivity contribution in [2.45, 2.75) is 26.1 Å². The smallest absolute Gasteiger partial charge is 0.431 e. The molecule has 11 heteroatoms. The summed E-state index contributed by atoms with van der Waals surface area (Å²) in [6.45, 7) is 2.69. The van der Waals surface area contributed by atoms with Crippen molar-refractivity contribution >= 4 is 21.7 Å². The number of nitrogens with zero attached hydrogens (tertiary/aromatic N) is 2. The van der Waals surface area contributed by atoms with Crippen LogP contribution in [-0.4, -0.2) is 21.0 Å². The van der Waals surface area contributed by atoms with E-state index < -0.39 is 40.7 Å². The van der Waals surface area contributed by atoms with Gasteiger partial charge in [-0.15, -0.1) is 0 Å². The first-order chi connectivity index (χ1) is 12.3. The van der Waals surface area contributed by atoms with Crippen LogP contribution in [0.5, 0.6) is 5.75 Å². The van der Waals surface area contributed by atoms with E-state index in [1.807, 2.05) is 0 Å². The molecular weight excluding hydrogens is 440 g/mol. The number of ketones is 1. The Labute approximate surface area is 158 Å². The van der Waals surface area contributed by atoms with Crippen LogP contribution >= 0.6 is 15.9 Å². The standard InChI is InChI=1S/C16H13BrF4N2O4/c1-7(24)8(2)27-12-5-11(10(18)4-9(12)17)23-14(25)6-13(16(19,20)21)22(3)15(23)26/h4-6,8H,1-3H3. The van der Waals surface area contributed by atoms with Crippen LogP contribution in [0, 0.1) is 5.82 Å². The Hall–Kier alpha value is -2.43. The Morgan fingerprint density at radius 2 is 1.81 bits per heavy atom. The molecular formula is C16H13BrF4N2O4. The minimum atomic E-state index is -4.93. The molecule has 0 spiro atoms. The Balaban J connectivity index is 2.73. The van der Waals surface area contributed by atoms with Gasteiger partial charge < -0.3 is 4.74 Å². The van der Waals surface area contributed by atoms with E-state index in [4.69, 9.17) is 4.74 Å². The summed E-state index contributed by atoms with van der Waals surface area (Å²) in [5.41, 5.74) is -4.82. The van der Waals surface area contributed by atoms with Crippen LogP contribution < -0.4 is 16.0 Å². The van der Waals surface area contributed by atoms with Gasteiger partial charge in [0.25, 0.3) is 5.56 Å². The van der Waals surface area contributed by atoms with Gasteiger partial charge in [-0.2, -0.15) is 13.2 Å². The highest BCUT2D eigenvalue weighted by molar-refractivity contribution is 9.10. The number of ether oxygens (including phenoxy) is 1. The van der Waals surface area contributed by atoms with E-state index in [0.29, 0.717) is 0 Å². The third-order valence-electron chi connectivity index (χ3n) is 3.73. The zero-order valence-electron chi connectivity index (χ0n) is 14.2. The van der Waals surface area contributed by atoms with Crippen molar-refractivity contribution in [1.82, 2.24) is 9.13 Å². The number of carbonyl (C=O) groups excluding carboxylic acids is 1. The van der Waals surface area contributed by atoms with Gasteiger partial charge in [0.1, 0.15) is 17.3 Å². The summed E-state index contributed by atoms with van der Waals surface area (Å²) in [5.74, 6) is -1.46. The maximum atomic E-state index is 14.4. The Bertz CT molecular complexity index is 1030. The molecule has 146 valence electrons. The largest absolute Gasteiger partial charge is 0.482 e. The molecule has 2 rings (SSSR count). The van der Waals surface area contributed by atoms with Crippen molar-refractivity contribution in [2.24, 2.45) is 7.05 Å². The van der Waals surface area contributed by atoms with E-state index in [-0.39, 0.29) is 31.2 Å². The topological polar surface area (TPSA) is 70.3 Å². The lowest BCUT2D eigenvalue weighted by molar-refractivity contribution is -0.144. The molecule has 1 aromatic carbocycles. The quantitative estimate of drug-likeness (QED) is 0.668. The molecule has 0 radical (unpaired) electrons. The average Bonchev–Trinajstić information content (AvgIpc) is 2.53. The molecule has 0 fully saturated rings. The van der Waals surface area contributed by atoms with Gasteiger partial charge in [-0.05, 0) is 35.8 Å². The molecule has 2 aromatic rings. The monoisotopic (exact) mass is 452 g/mol. The van der Waals surface area contributed by atoms with E-state index in [0.717, 1.165) is 19.2 Å². The second-order valence-electron chi connectivity index (χ2n) is 5.65. The van der Waals surface area contributed by atoms with E-state index in [9.17, 15) is 31.9 Å². The van der Waals surface area contributed by atoms with Crippen LogP contribution in [0.15, 0.2) is 32.3 Å². The highest BCUT2D eigenvalue weighted by Gasteiger charge is 2.35. The molecule has 1 aromatic heterocycles. The first-order valence-electron chi connectivity index (χ1n) is 7.41. The number of Topliss-reactive ketones (excluding diaryl/α,β-unsaturated/α-hetero) is 1. The SMILES string of the molecule is CC(=O)C(C)Oc1cc(-n2c(=O)cc(C(F)(F)F)n(C)c2=O)c(F)cc1Br. The van der Waals surface area contributed by atoms with Crippen molar-refractivity contribution in [1.29, 1.82) is 0 Å². The van der Waals surface area contributed by atoms with Gasteiger partial charge in [-0.3, -0.25) is 14.2 Å². The fraction of sp³-hybridized carbons (Fsp3) is 0.312. The first-order valence-corrected chi connectivity index (χ1v) is 8.20. The highest BCUT2D eigenvalue weighted by atomic mass is 79.9. The fourth-order valence-corrected chi connectivity index (χ4v) is 2.58. The summed E-state index contributed by atoms with van der Waals surface area (Å²) in [5, 5.41) is 0. The molecule has 0 N–H and O–H groups in total. The van der Waals surface area contributed by atoms with Crippen molar-refractivity contribution in [3.63, 3.8) is 0 Å². The van der Waals surface area contributed by atoms with Gasteiger partial charge in [-0.25, -0.2) is 13.8 Å². The van der Waals surface area contributed by atoms with Crippen molar-refractivity contribution in [3.05, 3.63) is 55.0 Å². The maximum absolute atomic E-state index is 14.4. The summed E-state index contributed by atoms with van der Waals surface area (Å²) in [7, 11) is 0.813. The number of hydrogen-bond acceptors (Lipinski definition) is 4. The molecule has 0 amide bonds. The maximum Gasteiger partial charge on any atom is 0.431 e. The van der Waals surface area contributed by atoms with Gasteiger partial charge in [0.15, 0.2) is 11.9 Å². The van der Waals surface area contributed by atoms with Crippen molar-refractivity contribution < 1.29 is 27.1 Å². The Morgan fingerprint density at radius 1 is 1.22 bits per heavy atom. The third kappa shape index (κ3) is 4.12. The average molecular weight is 453 g/mol. The lowest BCUT2D eigenvalue weighted by atomic mass is 10.2. The Morgan fingerprint density at radius 3 is 2.33 bits per heavy atom. The molecule has 0 aliphatic rings. The van der Waals surface area contributed by atoms with Crippen molar-refractivity contribution in [3.8, 4) is 11.4 Å². The van der Waals surface area contributed by atoms with Gasteiger partial charge in [0.2, 0.25) is 0 Å². The van der Waals surface area contributed by atoms with Gasteiger partial charge >= 0.3 is 11.9 Å². The predicted octanol–water partition coefficient (Wildman–Crippen LogP) is 2.81. The van der Waals surface area contributed by atoms with E-state index in [2.05, 4.69) is 15.9 Å². The molecule has 1 heterocycles. The first kappa shape index (κ1) is 20.9. The number of halogens is 5. The summed E-state index contributed by atoms with van der Waals surface area (Å²) < 4.78 is 59.0. The van der Waals surface area contributed by atoms with E-state index >= 15 is 0 Å². The zero-order chi connectivity index (χ0) is 20.7. The van der Waals surface area contributed by atoms with Crippen LogP contribution in [0.1, 0.15) is 19.5 Å². The minimum absolute atomic E-state index is 0.0667. The lowest BCUT2D eigenvalue weighted by Crippen LogP contribution is -2.41. The minimum Gasteiger partial charge on any atom is -0.482 e. The number of aromatic nitrogens is 2.